The van der Waals surface area contributed by atoms with Gasteiger partial charge in [-0.15, -0.1) is 0 Å². The van der Waals surface area contributed by atoms with Crippen LogP contribution in [0.4, 0.5) is 0 Å². The molecule has 3 rings (SSSR count). The summed E-state index contributed by atoms with van der Waals surface area (Å²) in [5.41, 5.74) is -0.247. The van der Waals surface area contributed by atoms with Gasteiger partial charge in [-0.2, -0.15) is 0 Å². The summed E-state index contributed by atoms with van der Waals surface area (Å²) in [7, 11) is 1.41. The van der Waals surface area contributed by atoms with Crippen LogP contribution in [0, 0.1) is 0 Å². The van der Waals surface area contributed by atoms with Crippen molar-refractivity contribution in [2.45, 2.75) is 6.61 Å². The molecule has 2 heterocycles. The molecule has 0 aliphatic carbocycles. The Bertz CT molecular complexity index is 676. The Morgan fingerprint density at radius 2 is 2.05 bits per heavy atom. The summed E-state index contributed by atoms with van der Waals surface area (Å²) < 4.78 is 26.1. The highest BCUT2D eigenvalue weighted by molar-refractivity contribution is 5.46. The standard InChI is InChI=1S/C14H12O6/c1-16-14-7-18-10(4-11(14)15)6-17-9-2-3-12-13(5-9)20-8-19-12/h2-5,7H,6,8H2,1H3. The van der Waals surface area contributed by atoms with Crippen molar-refractivity contribution in [1.29, 1.82) is 0 Å². The number of hydrogen-bond donors (Lipinski definition) is 0. The maximum Gasteiger partial charge on any atom is 0.231 e. The topological polar surface area (TPSA) is 67.1 Å². The molecule has 0 amide bonds. The summed E-state index contributed by atoms with van der Waals surface area (Å²) in [6, 6.07) is 6.59. The third-order valence-electron chi connectivity index (χ3n) is 2.80. The minimum Gasteiger partial charge on any atom is -0.490 e. The Hall–Kier alpha value is -2.63. The molecule has 0 N–H and O–H groups in total. The first-order valence-electron chi connectivity index (χ1n) is 5.94. The lowest BCUT2D eigenvalue weighted by Gasteiger charge is -2.06. The van der Waals surface area contributed by atoms with Crippen molar-refractivity contribution in [3.05, 3.63) is 46.5 Å². The van der Waals surface area contributed by atoms with E-state index in [1.807, 2.05) is 0 Å². The molecule has 20 heavy (non-hydrogen) atoms. The van der Waals surface area contributed by atoms with E-state index < -0.39 is 0 Å². The molecule has 0 unspecified atom stereocenters. The summed E-state index contributed by atoms with van der Waals surface area (Å²) in [6.45, 7) is 0.352. The highest BCUT2D eigenvalue weighted by Gasteiger charge is 2.14. The maximum absolute atomic E-state index is 11.6. The fraction of sp³-hybridized carbons (Fsp3) is 0.214. The largest absolute Gasteiger partial charge is 0.490 e. The Balaban J connectivity index is 1.70. The maximum atomic E-state index is 11.6. The van der Waals surface area contributed by atoms with Gasteiger partial charge >= 0.3 is 0 Å². The Morgan fingerprint density at radius 3 is 2.85 bits per heavy atom. The van der Waals surface area contributed by atoms with Crippen molar-refractivity contribution in [2.24, 2.45) is 0 Å². The van der Waals surface area contributed by atoms with E-state index in [1.54, 1.807) is 18.2 Å². The Labute approximate surface area is 114 Å². The molecule has 6 heteroatoms. The zero-order chi connectivity index (χ0) is 13.9. The summed E-state index contributed by atoms with van der Waals surface area (Å²) in [6.07, 6.45) is 1.26. The van der Waals surface area contributed by atoms with E-state index in [0.29, 0.717) is 23.0 Å². The van der Waals surface area contributed by atoms with Crippen LogP contribution < -0.4 is 24.4 Å². The van der Waals surface area contributed by atoms with Crippen molar-refractivity contribution < 1.29 is 23.4 Å². The third kappa shape index (κ3) is 2.40. The van der Waals surface area contributed by atoms with Crippen LogP contribution >= 0.6 is 0 Å². The Morgan fingerprint density at radius 1 is 1.20 bits per heavy atom. The van der Waals surface area contributed by atoms with Crippen molar-refractivity contribution in [2.75, 3.05) is 13.9 Å². The van der Waals surface area contributed by atoms with E-state index in [0.717, 1.165) is 0 Å². The molecule has 0 radical (unpaired) electrons. The first-order chi connectivity index (χ1) is 9.76. The average Bonchev–Trinajstić information content (AvgIpc) is 2.92. The molecule has 1 aromatic heterocycles. The van der Waals surface area contributed by atoms with E-state index in [9.17, 15) is 4.79 Å². The molecule has 2 aromatic rings. The van der Waals surface area contributed by atoms with Gasteiger partial charge in [0.25, 0.3) is 0 Å². The average molecular weight is 276 g/mol. The Kier molecular flexibility index (Phi) is 3.20. The van der Waals surface area contributed by atoms with Gasteiger partial charge in [0, 0.05) is 12.1 Å². The molecule has 0 spiro atoms. The number of hydrogen-bond acceptors (Lipinski definition) is 6. The third-order valence-corrected chi connectivity index (χ3v) is 2.80. The highest BCUT2D eigenvalue weighted by atomic mass is 16.7. The smallest absolute Gasteiger partial charge is 0.231 e. The molecule has 0 saturated carbocycles. The number of benzene rings is 1. The zero-order valence-electron chi connectivity index (χ0n) is 10.8. The van der Waals surface area contributed by atoms with Gasteiger partial charge < -0.3 is 23.4 Å². The predicted molar refractivity (Wildman–Crippen MR) is 68.4 cm³/mol. The second-order valence-electron chi connectivity index (χ2n) is 4.08. The summed E-state index contributed by atoms with van der Waals surface area (Å²) in [5, 5.41) is 0. The van der Waals surface area contributed by atoms with Gasteiger partial charge in [0.1, 0.15) is 24.4 Å². The molecular formula is C14H12O6. The lowest BCUT2D eigenvalue weighted by Crippen LogP contribution is -2.06. The van der Waals surface area contributed by atoms with E-state index in [2.05, 4.69) is 0 Å². The molecule has 0 saturated heterocycles. The van der Waals surface area contributed by atoms with Crippen molar-refractivity contribution in [3.8, 4) is 23.0 Å². The predicted octanol–water partition coefficient (Wildman–Crippen LogP) is 1.96. The number of rotatable bonds is 4. The van der Waals surface area contributed by atoms with Crippen molar-refractivity contribution >= 4 is 0 Å². The molecule has 0 fully saturated rings. The van der Waals surface area contributed by atoms with Crippen LogP contribution in [0.15, 0.2) is 39.7 Å². The normalized spacial score (nSPS) is 12.2. The second kappa shape index (κ2) is 5.16. The van der Waals surface area contributed by atoms with Crippen LogP contribution in [0.5, 0.6) is 23.0 Å². The fourth-order valence-corrected chi connectivity index (χ4v) is 1.78. The number of fused-ring (bicyclic) bond motifs is 1. The number of methoxy groups -OCH3 is 1. The van der Waals surface area contributed by atoms with Crippen molar-refractivity contribution in [1.82, 2.24) is 0 Å². The fourth-order valence-electron chi connectivity index (χ4n) is 1.78. The van der Waals surface area contributed by atoms with Crippen LogP contribution in [0.3, 0.4) is 0 Å². The molecule has 1 aromatic carbocycles. The molecule has 1 aliphatic rings. The van der Waals surface area contributed by atoms with Gasteiger partial charge in [-0.1, -0.05) is 0 Å². The van der Waals surface area contributed by atoms with Crippen LogP contribution in [0.2, 0.25) is 0 Å². The highest BCUT2D eigenvalue weighted by Crippen LogP contribution is 2.35. The molecule has 6 nitrogen and oxygen atoms in total. The van der Waals surface area contributed by atoms with Gasteiger partial charge in [-0.05, 0) is 12.1 Å². The number of ether oxygens (including phenoxy) is 4. The van der Waals surface area contributed by atoms with E-state index in [4.69, 9.17) is 23.4 Å². The summed E-state index contributed by atoms with van der Waals surface area (Å²) in [5.74, 6) is 2.50. The first-order valence-corrected chi connectivity index (χ1v) is 5.94. The minimum atomic E-state index is -0.247. The summed E-state index contributed by atoms with van der Waals surface area (Å²) >= 11 is 0. The molecule has 0 atom stereocenters. The van der Waals surface area contributed by atoms with Gasteiger partial charge in [0.2, 0.25) is 18.0 Å². The monoisotopic (exact) mass is 276 g/mol. The van der Waals surface area contributed by atoms with Crippen LogP contribution in [-0.2, 0) is 6.61 Å². The van der Waals surface area contributed by atoms with Gasteiger partial charge in [-0.3, -0.25) is 4.79 Å². The first kappa shape index (κ1) is 12.4. The zero-order valence-corrected chi connectivity index (χ0v) is 10.8. The lowest BCUT2D eigenvalue weighted by atomic mass is 10.3. The van der Waals surface area contributed by atoms with Crippen LogP contribution in [-0.4, -0.2) is 13.9 Å². The quantitative estimate of drug-likeness (QED) is 0.850. The van der Waals surface area contributed by atoms with Gasteiger partial charge in [-0.25, -0.2) is 0 Å². The minimum absolute atomic E-state index is 0.138. The molecule has 104 valence electrons. The SMILES string of the molecule is COc1coc(COc2ccc3c(c2)OCO3)cc1=O. The van der Waals surface area contributed by atoms with E-state index in [-0.39, 0.29) is 24.6 Å². The van der Waals surface area contributed by atoms with Gasteiger partial charge in [0.05, 0.1) is 7.11 Å². The second-order valence-corrected chi connectivity index (χ2v) is 4.08. The lowest BCUT2D eigenvalue weighted by molar-refractivity contribution is 0.173. The summed E-state index contributed by atoms with van der Waals surface area (Å²) in [4.78, 5) is 11.6. The molecule has 1 aliphatic heterocycles. The molecule has 0 bridgehead atoms. The van der Waals surface area contributed by atoms with Gasteiger partial charge in [0.15, 0.2) is 11.5 Å². The van der Waals surface area contributed by atoms with E-state index >= 15 is 0 Å². The van der Waals surface area contributed by atoms with E-state index in [1.165, 1.54) is 19.4 Å². The van der Waals surface area contributed by atoms with Crippen molar-refractivity contribution in [3.63, 3.8) is 0 Å². The molecular weight excluding hydrogens is 264 g/mol. The van der Waals surface area contributed by atoms with Crippen LogP contribution in [0.25, 0.3) is 0 Å². The van der Waals surface area contributed by atoms with Crippen LogP contribution in [0.1, 0.15) is 5.76 Å².